The number of hydrogen-bond acceptors (Lipinski definition) is 5. The van der Waals surface area contributed by atoms with Gasteiger partial charge in [0.2, 0.25) is 0 Å². The highest BCUT2D eigenvalue weighted by molar-refractivity contribution is 6.01. The monoisotopic (exact) mass is 526 g/mol. The van der Waals surface area contributed by atoms with E-state index in [-0.39, 0.29) is 19.1 Å². The van der Waals surface area contributed by atoms with Crippen LogP contribution in [-0.4, -0.2) is 49.4 Å². The normalized spacial score (nSPS) is 14.3. The van der Waals surface area contributed by atoms with Gasteiger partial charge in [-0.15, -0.1) is 0 Å². The van der Waals surface area contributed by atoms with Crippen LogP contribution in [-0.2, 0) is 33.6 Å². The van der Waals surface area contributed by atoms with Crippen LogP contribution >= 0.6 is 0 Å². The molecular formula is C29H29F3N2O4. The number of rotatable bonds is 9. The Morgan fingerprint density at radius 1 is 0.974 bits per heavy atom. The topological polar surface area (TPSA) is 60.4 Å². The summed E-state index contributed by atoms with van der Waals surface area (Å²) in [4.78, 5) is 19.7. The fraction of sp³-hybridized carbons (Fsp3) is 0.310. The average molecular weight is 527 g/mol. The fourth-order valence-electron chi connectivity index (χ4n) is 3.99. The van der Waals surface area contributed by atoms with E-state index in [9.17, 15) is 18.0 Å². The molecule has 3 aromatic carbocycles. The molecule has 1 saturated heterocycles. The highest BCUT2D eigenvalue weighted by atomic mass is 19.4. The molecule has 3 aromatic rings. The number of aryl methyl sites for hydroxylation is 1. The lowest BCUT2D eigenvalue weighted by molar-refractivity contribution is -0.138. The lowest BCUT2D eigenvalue weighted by atomic mass is 10.0. The van der Waals surface area contributed by atoms with Crippen molar-refractivity contribution < 1.29 is 32.3 Å². The van der Waals surface area contributed by atoms with E-state index in [1.807, 2.05) is 49.4 Å². The van der Waals surface area contributed by atoms with Gasteiger partial charge < -0.3 is 19.2 Å². The van der Waals surface area contributed by atoms with Crippen LogP contribution < -0.4 is 4.74 Å². The van der Waals surface area contributed by atoms with E-state index >= 15 is 0 Å². The molecule has 0 aromatic heterocycles. The van der Waals surface area contributed by atoms with Gasteiger partial charge in [-0.2, -0.15) is 13.2 Å². The second-order valence-corrected chi connectivity index (χ2v) is 8.93. The Balaban J connectivity index is 1.45. The molecule has 6 nitrogen and oxygen atoms in total. The molecular weight excluding hydrogens is 497 g/mol. The Bertz CT molecular complexity index is 1240. The third kappa shape index (κ3) is 7.58. The molecule has 0 N–H and O–H groups in total. The molecule has 1 amide bonds. The van der Waals surface area contributed by atoms with Gasteiger partial charge >= 0.3 is 6.18 Å². The highest BCUT2D eigenvalue weighted by Gasteiger charge is 2.29. The number of carbonyl (C=O) groups excluding carboxylic acids is 1. The average Bonchev–Trinajstić information content (AvgIpc) is 2.92. The summed E-state index contributed by atoms with van der Waals surface area (Å²) >= 11 is 0. The summed E-state index contributed by atoms with van der Waals surface area (Å²) in [5.74, 6) is 0.514. The maximum atomic E-state index is 12.8. The van der Waals surface area contributed by atoms with Crippen molar-refractivity contribution in [1.82, 2.24) is 4.90 Å². The first-order valence-corrected chi connectivity index (χ1v) is 12.3. The highest BCUT2D eigenvalue weighted by Crippen LogP contribution is 2.29. The summed E-state index contributed by atoms with van der Waals surface area (Å²) in [5, 5.41) is 4.34. The predicted octanol–water partition coefficient (Wildman–Crippen LogP) is 5.42. The van der Waals surface area contributed by atoms with Crippen molar-refractivity contribution in [2.45, 2.75) is 26.1 Å². The van der Waals surface area contributed by atoms with Crippen LogP contribution in [0.4, 0.5) is 13.2 Å². The molecule has 4 rings (SSSR count). The van der Waals surface area contributed by atoms with Crippen molar-refractivity contribution in [1.29, 1.82) is 0 Å². The minimum Gasteiger partial charge on any atom is -0.483 e. The van der Waals surface area contributed by atoms with Crippen LogP contribution in [0, 0.1) is 6.92 Å². The zero-order valence-electron chi connectivity index (χ0n) is 21.0. The van der Waals surface area contributed by atoms with Gasteiger partial charge in [-0.05, 0) is 53.9 Å². The van der Waals surface area contributed by atoms with Crippen LogP contribution in [0.25, 0.3) is 0 Å². The minimum absolute atomic E-state index is 0.0280. The van der Waals surface area contributed by atoms with Crippen molar-refractivity contribution in [2.24, 2.45) is 5.16 Å². The molecule has 1 aliphatic heterocycles. The van der Waals surface area contributed by atoms with Crippen LogP contribution in [0.5, 0.6) is 5.75 Å². The summed E-state index contributed by atoms with van der Waals surface area (Å²) < 4.78 is 49.5. The number of alkyl halides is 3. The molecule has 0 bridgehead atoms. The van der Waals surface area contributed by atoms with Crippen LogP contribution in [0.3, 0.4) is 0 Å². The molecule has 0 unspecified atom stereocenters. The zero-order chi connectivity index (χ0) is 27.0. The second-order valence-electron chi connectivity index (χ2n) is 8.93. The van der Waals surface area contributed by atoms with Gasteiger partial charge in [0.15, 0.2) is 6.61 Å². The number of nitrogens with zero attached hydrogens (tertiary/aromatic N) is 2. The lowest BCUT2D eigenvalue weighted by Gasteiger charge is -2.26. The molecule has 1 heterocycles. The fourth-order valence-corrected chi connectivity index (χ4v) is 3.99. The van der Waals surface area contributed by atoms with Crippen molar-refractivity contribution in [3.8, 4) is 5.75 Å². The van der Waals surface area contributed by atoms with Crippen LogP contribution in [0.2, 0.25) is 0 Å². The Hall–Kier alpha value is -3.85. The number of halogens is 3. The molecule has 1 aliphatic rings. The summed E-state index contributed by atoms with van der Waals surface area (Å²) in [6.07, 6.45) is -3.90. The first-order chi connectivity index (χ1) is 18.3. The lowest BCUT2D eigenvalue weighted by Crippen LogP contribution is -2.43. The maximum absolute atomic E-state index is 12.8. The first kappa shape index (κ1) is 27.2. The Morgan fingerprint density at radius 2 is 1.68 bits per heavy atom. The summed E-state index contributed by atoms with van der Waals surface area (Å²) in [5.41, 5.74) is 3.19. The van der Waals surface area contributed by atoms with Crippen molar-refractivity contribution in [3.05, 3.63) is 101 Å². The van der Waals surface area contributed by atoms with E-state index in [2.05, 4.69) is 5.16 Å². The third-order valence-electron chi connectivity index (χ3n) is 6.12. The Morgan fingerprint density at radius 3 is 2.34 bits per heavy atom. The molecule has 9 heteroatoms. The molecule has 0 spiro atoms. The smallest absolute Gasteiger partial charge is 0.416 e. The minimum atomic E-state index is -4.38. The molecule has 0 saturated carbocycles. The van der Waals surface area contributed by atoms with E-state index < -0.39 is 11.7 Å². The summed E-state index contributed by atoms with van der Waals surface area (Å²) in [6, 6.07) is 20.1. The van der Waals surface area contributed by atoms with E-state index in [0.29, 0.717) is 49.7 Å². The molecule has 200 valence electrons. The number of hydrogen-bond donors (Lipinski definition) is 0. The third-order valence-corrected chi connectivity index (χ3v) is 6.12. The number of morpholine rings is 1. The quantitative estimate of drug-likeness (QED) is 0.276. The van der Waals surface area contributed by atoms with E-state index in [1.165, 1.54) is 12.1 Å². The van der Waals surface area contributed by atoms with Crippen molar-refractivity contribution in [3.63, 3.8) is 0 Å². The predicted molar refractivity (Wildman–Crippen MR) is 137 cm³/mol. The van der Waals surface area contributed by atoms with E-state index in [0.717, 1.165) is 28.8 Å². The van der Waals surface area contributed by atoms with Crippen molar-refractivity contribution in [2.75, 3.05) is 32.9 Å². The van der Waals surface area contributed by atoms with Gasteiger partial charge in [-0.3, -0.25) is 4.79 Å². The number of amides is 1. The summed E-state index contributed by atoms with van der Waals surface area (Å²) in [7, 11) is 0. The number of carbonyl (C=O) groups is 1. The standard InChI is InChI=1S/C29H29F3N2O4/c1-21-17-24(9-12-27(21)37-20-28(35)34-13-15-36-16-14-34)26(18-22-5-3-2-4-6-22)33-38-19-23-7-10-25(11-8-23)29(30,31)32/h2-12,17H,13-16,18-20H2,1H3/b33-26-. The first-order valence-electron chi connectivity index (χ1n) is 12.3. The van der Waals surface area contributed by atoms with Crippen molar-refractivity contribution >= 4 is 11.6 Å². The van der Waals surface area contributed by atoms with Gasteiger partial charge in [0.05, 0.1) is 24.5 Å². The van der Waals surface area contributed by atoms with Crippen LogP contribution in [0.1, 0.15) is 27.8 Å². The van der Waals surface area contributed by atoms with Gasteiger partial charge in [0.25, 0.3) is 5.91 Å². The Kier molecular flexibility index (Phi) is 9.02. The maximum Gasteiger partial charge on any atom is 0.416 e. The second kappa shape index (κ2) is 12.6. The SMILES string of the molecule is Cc1cc(/C(Cc2ccccc2)=N\OCc2ccc(C(F)(F)F)cc2)ccc1OCC(=O)N1CCOCC1. The van der Waals surface area contributed by atoms with Gasteiger partial charge in [-0.25, -0.2) is 0 Å². The molecule has 38 heavy (non-hydrogen) atoms. The Labute approximate surface area is 219 Å². The van der Waals surface area contributed by atoms with Crippen LogP contribution in [0.15, 0.2) is 78.0 Å². The molecule has 0 radical (unpaired) electrons. The zero-order valence-corrected chi connectivity index (χ0v) is 21.0. The molecule has 1 fully saturated rings. The number of benzene rings is 3. The summed E-state index contributed by atoms with van der Waals surface area (Å²) in [6.45, 7) is 4.05. The molecule has 0 atom stereocenters. The number of oxime groups is 1. The largest absolute Gasteiger partial charge is 0.483 e. The van der Waals surface area contributed by atoms with E-state index in [4.69, 9.17) is 14.3 Å². The van der Waals surface area contributed by atoms with E-state index in [1.54, 1.807) is 11.0 Å². The number of ether oxygens (including phenoxy) is 2. The van der Waals surface area contributed by atoms with Gasteiger partial charge in [-0.1, -0.05) is 47.6 Å². The molecule has 0 aliphatic carbocycles. The van der Waals surface area contributed by atoms with Gasteiger partial charge in [0, 0.05) is 25.1 Å². The van der Waals surface area contributed by atoms with Gasteiger partial charge in [0.1, 0.15) is 12.4 Å².